The number of nitrogens with one attached hydrogen (secondary N) is 1. The summed E-state index contributed by atoms with van der Waals surface area (Å²) in [4.78, 5) is 2.75. The molecule has 0 bridgehead atoms. The Hall–Kier alpha value is -1.06. The highest BCUT2D eigenvalue weighted by Gasteiger charge is 2.40. The average molecular weight is 274 g/mol. The molecule has 0 aromatic heterocycles. The number of hydrogen-bond donors (Lipinski definition) is 1. The fourth-order valence-corrected chi connectivity index (χ4v) is 3.68. The van der Waals surface area contributed by atoms with Crippen molar-refractivity contribution in [3.8, 4) is 5.75 Å². The molecule has 3 heteroatoms. The fourth-order valence-electron chi connectivity index (χ4n) is 3.68. The first kappa shape index (κ1) is 13.9. The minimum absolute atomic E-state index is 0.554. The van der Waals surface area contributed by atoms with E-state index in [1.165, 1.54) is 37.8 Å². The lowest BCUT2D eigenvalue weighted by atomic mass is 9.84. The zero-order chi connectivity index (χ0) is 13.9. The van der Waals surface area contributed by atoms with Crippen molar-refractivity contribution >= 4 is 0 Å². The molecule has 3 rings (SSSR count). The molecule has 3 nitrogen and oxygen atoms in total. The van der Waals surface area contributed by atoms with Crippen molar-refractivity contribution in [3.63, 3.8) is 0 Å². The zero-order valence-corrected chi connectivity index (χ0v) is 12.6. The molecule has 2 atom stereocenters. The first-order valence-corrected chi connectivity index (χ1v) is 7.87. The molecule has 20 heavy (non-hydrogen) atoms. The van der Waals surface area contributed by atoms with Crippen LogP contribution in [0.25, 0.3) is 0 Å². The van der Waals surface area contributed by atoms with E-state index in [0.29, 0.717) is 12.0 Å². The summed E-state index contributed by atoms with van der Waals surface area (Å²) in [6.07, 6.45) is 5.43. The minimum atomic E-state index is 0.554. The van der Waals surface area contributed by atoms with Crippen molar-refractivity contribution in [2.75, 3.05) is 27.2 Å². The van der Waals surface area contributed by atoms with E-state index in [-0.39, 0.29) is 0 Å². The second-order valence-electron chi connectivity index (χ2n) is 6.15. The molecule has 2 aliphatic rings. The summed E-state index contributed by atoms with van der Waals surface area (Å²) >= 11 is 0. The highest BCUT2D eigenvalue weighted by Crippen LogP contribution is 2.43. The Kier molecular flexibility index (Phi) is 4.27. The third kappa shape index (κ3) is 2.84. The summed E-state index contributed by atoms with van der Waals surface area (Å²) in [6, 6.07) is 10.1. The molecular formula is C17H26N2O. The van der Waals surface area contributed by atoms with Crippen molar-refractivity contribution in [1.82, 2.24) is 10.2 Å². The largest absolute Gasteiger partial charge is 0.497 e. The third-order valence-corrected chi connectivity index (χ3v) is 4.71. The molecule has 1 saturated heterocycles. The van der Waals surface area contributed by atoms with E-state index in [2.05, 4.69) is 35.5 Å². The Balaban J connectivity index is 1.89. The van der Waals surface area contributed by atoms with Gasteiger partial charge in [-0.15, -0.1) is 0 Å². The molecular weight excluding hydrogens is 248 g/mol. The standard InChI is InChI=1S/C17H26N2O/c1-18-12-14-6-4-10-19(15-8-9-15)17(14)13-5-3-7-16(11-13)20-2/h3,5,7,11,14-15,17-18H,4,6,8-10,12H2,1-2H3. The van der Waals surface area contributed by atoms with E-state index in [1.54, 1.807) is 7.11 Å². The summed E-state index contributed by atoms with van der Waals surface area (Å²) in [5.41, 5.74) is 1.43. The molecule has 0 radical (unpaired) electrons. The number of piperidine rings is 1. The minimum Gasteiger partial charge on any atom is -0.497 e. The van der Waals surface area contributed by atoms with Crippen LogP contribution in [-0.4, -0.2) is 38.2 Å². The Labute approximate surface area is 122 Å². The molecule has 1 saturated carbocycles. The van der Waals surface area contributed by atoms with E-state index in [0.717, 1.165) is 18.3 Å². The highest BCUT2D eigenvalue weighted by atomic mass is 16.5. The van der Waals surface area contributed by atoms with Crippen molar-refractivity contribution < 1.29 is 4.74 Å². The van der Waals surface area contributed by atoms with Gasteiger partial charge in [0.25, 0.3) is 0 Å². The van der Waals surface area contributed by atoms with Crippen LogP contribution in [0.3, 0.4) is 0 Å². The second-order valence-corrected chi connectivity index (χ2v) is 6.15. The molecule has 1 aliphatic heterocycles. The van der Waals surface area contributed by atoms with Gasteiger partial charge >= 0.3 is 0 Å². The van der Waals surface area contributed by atoms with Gasteiger partial charge in [0.2, 0.25) is 0 Å². The van der Waals surface area contributed by atoms with Crippen LogP contribution in [0.4, 0.5) is 0 Å². The van der Waals surface area contributed by atoms with Gasteiger partial charge in [0.1, 0.15) is 5.75 Å². The lowest BCUT2D eigenvalue weighted by Gasteiger charge is -2.42. The highest BCUT2D eigenvalue weighted by molar-refractivity contribution is 5.31. The number of benzene rings is 1. The van der Waals surface area contributed by atoms with E-state index < -0.39 is 0 Å². The van der Waals surface area contributed by atoms with Crippen molar-refractivity contribution in [1.29, 1.82) is 0 Å². The molecule has 110 valence electrons. The van der Waals surface area contributed by atoms with Crippen LogP contribution >= 0.6 is 0 Å². The molecule has 0 amide bonds. The topological polar surface area (TPSA) is 24.5 Å². The third-order valence-electron chi connectivity index (χ3n) is 4.71. The second kappa shape index (κ2) is 6.15. The molecule has 1 heterocycles. The number of ether oxygens (including phenoxy) is 1. The Morgan fingerprint density at radius 2 is 2.15 bits per heavy atom. The Morgan fingerprint density at radius 3 is 2.85 bits per heavy atom. The SMILES string of the molecule is CNCC1CCCN(C2CC2)C1c1cccc(OC)c1. The molecule has 1 aromatic carbocycles. The number of hydrogen-bond acceptors (Lipinski definition) is 3. The van der Waals surface area contributed by atoms with Crippen LogP contribution in [0, 0.1) is 5.92 Å². The van der Waals surface area contributed by atoms with Crippen molar-refractivity contribution in [2.45, 2.75) is 37.8 Å². The van der Waals surface area contributed by atoms with E-state index in [9.17, 15) is 0 Å². The van der Waals surface area contributed by atoms with Gasteiger partial charge in [-0.3, -0.25) is 4.90 Å². The summed E-state index contributed by atoms with van der Waals surface area (Å²) in [6.45, 7) is 2.36. The van der Waals surface area contributed by atoms with Crippen LogP contribution < -0.4 is 10.1 Å². The monoisotopic (exact) mass is 274 g/mol. The van der Waals surface area contributed by atoms with Gasteiger partial charge in [-0.05, 0) is 69.4 Å². The van der Waals surface area contributed by atoms with Crippen LogP contribution in [0.5, 0.6) is 5.75 Å². The van der Waals surface area contributed by atoms with Gasteiger partial charge in [0, 0.05) is 12.1 Å². The molecule has 1 aromatic rings. The van der Waals surface area contributed by atoms with Crippen molar-refractivity contribution in [2.24, 2.45) is 5.92 Å². The van der Waals surface area contributed by atoms with Gasteiger partial charge < -0.3 is 10.1 Å². The first-order chi connectivity index (χ1) is 9.83. The van der Waals surface area contributed by atoms with E-state index in [4.69, 9.17) is 4.74 Å². The van der Waals surface area contributed by atoms with Gasteiger partial charge in [0.05, 0.1) is 7.11 Å². The zero-order valence-electron chi connectivity index (χ0n) is 12.6. The van der Waals surface area contributed by atoms with Gasteiger partial charge in [0.15, 0.2) is 0 Å². The smallest absolute Gasteiger partial charge is 0.119 e. The van der Waals surface area contributed by atoms with Crippen LogP contribution in [0.15, 0.2) is 24.3 Å². The van der Waals surface area contributed by atoms with Crippen LogP contribution in [0.2, 0.25) is 0 Å². The summed E-state index contributed by atoms with van der Waals surface area (Å²) in [7, 11) is 3.82. The quantitative estimate of drug-likeness (QED) is 0.893. The predicted molar refractivity (Wildman–Crippen MR) is 82.1 cm³/mol. The molecule has 1 N–H and O–H groups in total. The van der Waals surface area contributed by atoms with E-state index in [1.807, 2.05) is 6.07 Å². The molecule has 0 spiro atoms. The lowest BCUT2D eigenvalue weighted by Crippen LogP contribution is -2.43. The molecule has 1 aliphatic carbocycles. The first-order valence-electron chi connectivity index (χ1n) is 7.87. The number of rotatable bonds is 5. The lowest BCUT2D eigenvalue weighted by molar-refractivity contribution is 0.0844. The maximum Gasteiger partial charge on any atom is 0.119 e. The normalized spacial score (nSPS) is 27.5. The van der Waals surface area contributed by atoms with E-state index >= 15 is 0 Å². The summed E-state index contributed by atoms with van der Waals surface area (Å²) in [5.74, 6) is 1.69. The molecule has 2 fully saturated rings. The Bertz CT molecular complexity index is 442. The van der Waals surface area contributed by atoms with Crippen molar-refractivity contribution in [3.05, 3.63) is 29.8 Å². The maximum atomic E-state index is 5.42. The number of nitrogens with zero attached hydrogens (tertiary/aromatic N) is 1. The number of methoxy groups -OCH3 is 1. The summed E-state index contributed by atoms with van der Waals surface area (Å²) in [5, 5.41) is 3.39. The average Bonchev–Trinajstić information content (AvgIpc) is 3.32. The number of likely N-dealkylation sites (tertiary alicyclic amines) is 1. The van der Waals surface area contributed by atoms with Gasteiger partial charge in [-0.1, -0.05) is 12.1 Å². The maximum absolute atomic E-state index is 5.42. The van der Waals surface area contributed by atoms with Crippen LogP contribution in [-0.2, 0) is 0 Å². The fraction of sp³-hybridized carbons (Fsp3) is 0.647. The predicted octanol–water partition coefficient (Wildman–Crippen LogP) is 2.83. The summed E-state index contributed by atoms with van der Waals surface area (Å²) < 4.78 is 5.42. The van der Waals surface area contributed by atoms with Gasteiger partial charge in [-0.25, -0.2) is 0 Å². The van der Waals surface area contributed by atoms with Gasteiger partial charge in [-0.2, -0.15) is 0 Å². The molecule has 2 unspecified atom stereocenters. The Morgan fingerprint density at radius 1 is 1.30 bits per heavy atom. The van der Waals surface area contributed by atoms with Crippen LogP contribution in [0.1, 0.15) is 37.3 Å².